The monoisotopic (exact) mass is 376 g/mol. The maximum atomic E-state index is 12.8. The number of carbonyl (C=O) groups excluding carboxylic acids is 1. The molecule has 0 radical (unpaired) electrons. The van der Waals surface area contributed by atoms with Crippen molar-refractivity contribution in [2.45, 2.75) is 31.6 Å². The van der Waals surface area contributed by atoms with Crippen LogP contribution in [0.2, 0.25) is 0 Å². The lowest BCUT2D eigenvalue weighted by Crippen LogP contribution is -2.50. The molecule has 2 aromatic rings. The molecule has 1 fully saturated rings. The van der Waals surface area contributed by atoms with Crippen LogP contribution in [0.1, 0.15) is 35.0 Å². The molecule has 1 aromatic heterocycles. The van der Waals surface area contributed by atoms with E-state index in [1.54, 1.807) is 30.0 Å². The van der Waals surface area contributed by atoms with Gasteiger partial charge in [-0.05, 0) is 37.1 Å². The van der Waals surface area contributed by atoms with Crippen molar-refractivity contribution < 1.29 is 17.6 Å². The Morgan fingerprint density at radius 3 is 2.27 bits per heavy atom. The fourth-order valence-corrected chi connectivity index (χ4v) is 4.60. The second-order valence-corrected chi connectivity index (χ2v) is 8.42. The van der Waals surface area contributed by atoms with Crippen molar-refractivity contribution in [2.24, 2.45) is 0 Å². The summed E-state index contributed by atoms with van der Waals surface area (Å²) in [5.74, 6) is 0.467. The van der Waals surface area contributed by atoms with Gasteiger partial charge in [-0.15, -0.1) is 0 Å². The predicted molar refractivity (Wildman–Crippen MR) is 98.5 cm³/mol. The lowest BCUT2D eigenvalue weighted by atomic mass is 10.1. The first kappa shape index (κ1) is 18.7. The van der Waals surface area contributed by atoms with E-state index in [-0.39, 0.29) is 5.91 Å². The number of rotatable bonds is 5. The van der Waals surface area contributed by atoms with Gasteiger partial charge in [-0.25, -0.2) is 8.42 Å². The Hall–Kier alpha value is -2.12. The summed E-state index contributed by atoms with van der Waals surface area (Å²) in [5, 5.41) is 0. The van der Waals surface area contributed by atoms with E-state index in [0.717, 1.165) is 18.4 Å². The molecule has 0 unspecified atom stereocenters. The van der Waals surface area contributed by atoms with Crippen molar-refractivity contribution in [1.29, 1.82) is 0 Å². The molecule has 1 aliphatic rings. The molecule has 7 heteroatoms. The van der Waals surface area contributed by atoms with Crippen LogP contribution in [0.5, 0.6) is 0 Å². The van der Waals surface area contributed by atoms with E-state index in [0.29, 0.717) is 42.4 Å². The van der Waals surface area contributed by atoms with Gasteiger partial charge in [0.25, 0.3) is 5.91 Å². The quantitative estimate of drug-likeness (QED) is 0.804. The standard InChI is InChI=1S/C19H24N2O4S/c1-3-4-16-5-7-17(8-6-16)26(23,24)21-12-10-20(11-13-21)19(22)18-9-14-25-15(18)2/h5-9,14H,3-4,10-13H2,1-2H3. The summed E-state index contributed by atoms with van der Waals surface area (Å²) in [6.45, 7) is 5.17. The van der Waals surface area contributed by atoms with Gasteiger partial charge in [0.2, 0.25) is 10.0 Å². The van der Waals surface area contributed by atoms with Crippen LogP contribution in [0.15, 0.2) is 45.9 Å². The van der Waals surface area contributed by atoms with E-state index in [2.05, 4.69) is 6.92 Å². The molecule has 0 spiro atoms. The third-order valence-corrected chi connectivity index (χ3v) is 6.63. The highest BCUT2D eigenvalue weighted by atomic mass is 32.2. The summed E-state index contributed by atoms with van der Waals surface area (Å²) in [6, 6.07) is 8.74. The average Bonchev–Trinajstić information content (AvgIpc) is 3.08. The van der Waals surface area contributed by atoms with Gasteiger partial charge in [0.1, 0.15) is 5.76 Å². The summed E-state index contributed by atoms with van der Waals surface area (Å²) in [4.78, 5) is 14.5. The van der Waals surface area contributed by atoms with Gasteiger partial charge in [-0.3, -0.25) is 4.79 Å². The Balaban J connectivity index is 1.67. The number of carbonyl (C=O) groups is 1. The Morgan fingerprint density at radius 2 is 1.73 bits per heavy atom. The molecule has 1 aromatic carbocycles. The highest BCUT2D eigenvalue weighted by molar-refractivity contribution is 7.89. The first-order valence-corrected chi connectivity index (χ1v) is 10.3. The second-order valence-electron chi connectivity index (χ2n) is 6.48. The molecule has 1 amide bonds. The Labute approximate surface area is 154 Å². The van der Waals surface area contributed by atoms with Gasteiger partial charge >= 0.3 is 0 Å². The minimum Gasteiger partial charge on any atom is -0.469 e. The molecule has 3 rings (SSSR count). The predicted octanol–water partition coefficient (Wildman–Crippen LogP) is 2.69. The smallest absolute Gasteiger partial charge is 0.257 e. The third-order valence-electron chi connectivity index (χ3n) is 4.71. The first-order chi connectivity index (χ1) is 12.4. The fourth-order valence-electron chi connectivity index (χ4n) is 3.17. The molecular weight excluding hydrogens is 352 g/mol. The molecule has 0 N–H and O–H groups in total. The Kier molecular flexibility index (Phi) is 5.48. The van der Waals surface area contributed by atoms with Gasteiger partial charge < -0.3 is 9.32 Å². The number of hydrogen-bond donors (Lipinski definition) is 0. The van der Waals surface area contributed by atoms with Crippen LogP contribution in [0.25, 0.3) is 0 Å². The zero-order chi connectivity index (χ0) is 18.7. The molecule has 0 atom stereocenters. The lowest BCUT2D eigenvalue weighted by Gasteiger charge is -2.34. The maximum absolute atomic E-state index is 12.8. The second kappa shape index (κ2) is 7.63. The van der Waals surface area contributed by atoms with E-state index >= 15 is 0 Å². The number of piperazine rings is 1. The van der Waals surface area contributed by atoms with Crippen LogP contribution >= 0.6 is 0 Å². The van der Waals surface area contributed by atoms with Crippen LogP contribution in [0.3, 0.4) is 0 Å². The highest BCUT2D eigenvalue weighted by Gasteiger charge is 2.31. The van der Waals surface area contributed by atoms with Gasteiger partial charge in [-0.1, -0.05) is 25.5 Å². The molecule has 140 valence electrons. The van der Waals surface area contributed by atoms with Crippen molar-refractivity contribution in [2.75, 3.05) is 26.2 Å². The lowest BCUT2D eigenvalue weighted by molar-refractivity contribution is 0.0696. The summed E-state index contributed by atoms with van der Waals surface area (Å²) in [5.41, 5.74) is 1.67. The maximum Gasteiger partial charge on any atom is 0.257 e. The zero-order valence-corrected chi connectivity index (χ0v) is 16.0. The number of sulfonamides is 1. The van der Waals surface area contributed by atoms with Crippen LogP contribution in [0, 0.1) is 6.92 Å². The largest absolute Gasteiger partial charge is 0.469 e. The minimum atomic E-state index is -3.53. The SMILES string of the molecule is CCCc1ccc(S(=O)(=O)N2CCN(C(=O)c3ccoc3C)CC2)cc1. The number of aryl methyl sites for hydroxylation is 2. The van der Waals surface area contributed by atoms with E-state index in [1.165, 1.54) is 10.6 Å². The van der Waals surface area contributed by atoms with E-state index in [1.807, 2.05) is 12.1 Å². The first-order valence-electron chi connectivity index (χ1n) is 8.86. The summed E-state index contributed by atoms with van der Waals surface area (Å²) >= 11 is 0. The molecule has 0 aliphatic carbocycles. The van der Waals surface area contributed by atoms with Crippen molar-refractivity contribution in [3.8, 4) is 0 Å². The number of nitrogens with zero attached hydrogens (tertiary/aromatic N) is 2. The molecule has 1 aliphatic heterocycles. The van der Waals surface area contributed by atoms with Gasteiger partial charge in [0.05, 0.1) is 16.7 Å². The summed E-state index contributed by atoms with van der Waals surface area (Å²) in [6.07, 6.45) is 3.46. The molecular formula is C19H24N2O4S. The van der Waals surface area contributed by atoms with Crippen LogP contribution in [-0.2, 0) is 16.4 Å². The molecule has 26 heavy (non-hydrogen) atoms. The fraction of sp³-hybridized carbons (Fsp3) is 0.421. The van der Waals surface area contributed by atoms with Gasteiger partial charge in [0.15, 0.2) is 0 Å². The molecule has 0 saturated carbocycles. The van der Waals surface area contributed by atoms with Crippen molar-refractivity contribution >= 4 is 15.9 Å². The number of hydrogen-bond acceptors (Lipinski definition) is 4. The third kappa shape index (κ3) is 3.68. The van der Waals surface area contributed by atoms with Crippen molar-refractivity contribution in [1.82, 2.24) is 9.21 Å². The molecule has 0 bridgehead atoms. The molecule has 6 nitrogen and oxygen atoms in total. The zero-order valence-electron chi connectivity index (χ0n) is 15.1. The highest BCUT2D eigenvalue weighted by Crippen LogP contribution is 2.20. The van der Waals surface area contributed by atoms with Crippen LogP contribution in [-0.4, -0.2) is 49.7 Å². The van der Waals surface area contributed by atoms with Crippen LogP contribution < -0.4 is 0 Å². The van der Waals surface area contributed by atoms with Gasteiger partial charge in [0, 0.05) is 26.2 Å². The van der Waals surface area contributed by atoms with E-state index in [9.17, 15) is 13.2 Å². The Morgan fingerprint density at radius 1 is 1.08 bits per heavy atom. The van der Waals surface area contributed by atoms with Gasteiger partial charge in [-0.2, -0.15) is 4.31 Å². The molecule has 1 saturated heterocycles. The van der Waals surface area contributed by atoms with E-state index < -0.39 is 10.0 Å². The number of amides is 1. The number of furan rings is 1. The van der Waals surface area contributed by atoms with Crippen molar-refractivity contribution in [3.63, 3.8) is 0 Å². The number of benzene rings is 1. The summed E-state index contributed by atoms with van der Waals surface area (Å²) in [7, 11) is -3.53. The normalized spacial score (nSPS) is 16.0. The summed E-state index contributed by atoms with van der Waals surface area (Å²) < 4.78 is 32.3. The van der Waals surface area contributed by atoms with Crippen LogP contribution in [0.4, 0.5) is 0 Å². The van der Waals surface area contributed by atoms with E-state index in [4.69, 9.17) is 4.42 Å². The topological polar surface area (TPSA) is 70.8 Å². The minimum absolute atomic E-state index is 0.114. The Bertz CT molecular complexity index is 863. The average molecular weight is 376 g/mol. The molecule has 2 heterocycles. The van der Waals surface area contributed by atoms with Crippen molar-refractivity contribution in [3.05, 3.63) is 53.5 Å².